The van der Waals surface area contributed by atoms with E-state index >= 15 is 0 Å². The van der Waals surface area contributed by atoms with Crippen molar-refractivity contribution in [3.05, 3.63) is 28.7 Å². The average molecular weight is 292 g/mol. The van der Waals surface area contributed by atoms with Gasteiger partial charge < -0.3 is 0 Å². The topological polar surface area (TPSA) is 63.2 Å². The molecule has 0 aliphatic heterocycles. The van der Waals surface area contributed by atoms with Crippen molar-refractivity contribution in [2.45, 2.75) is 11.8 Å². The van der Waals surface area contributed by atoms with Gasteiger partial charge in [-0.05, 0) is 25.1 Å². The Morgan fingerprint density at radius 2 is 2.13 bits per heavy atom. The maximum absolute atomic E-state index is 11.6. The van der Waals surface area contributed by atoms with Gasteiger partial charge in [0.2, 0.25) is 10.0 Å². The van der Waals surface area contributed by atoms with Crippen molar-refractivity contribution in [1.82, 2.24) is 4.72 Å². The third-order valence-electron chi connectivity index (χ3n) is 1.62. The molecule has 0 saturated carbocycles. The summed E-state index contributed by atoms with van der Waals surface area (Å²) in [7, 11) is -3.58. The molecule has 1 rings (SSSR count). The number of halogens is 1. The van der Waals surface area contributed by atoms with E-state index in [4.69, 9.17) is 0 Å². The molecule has 0 radical (unpaired) electrons. The first-order valence-electron chi connectivity index (χ1n) is 4.16. The number of Topliss-reactive ketones (excluding diaryl/α,β-unsaturated/α-hetero) is 1. The van der Waals surface area contributed by atoms with Gasteiger partial charge in [-0.25, -0.2) is 13.1 Å². The molecule has 1 aromatic rings. The minimum atomic E-state index is -3.58. The molecule has 0 atom stereocenters. The summed E-state index contributed by atoms with van der Waals surface area (Å²) in [5.41, 5.74) is 0. The lowest BCUT2D eigenvalue weighted by molar-refractivity contribution is -0.115. The summed E-state index contributed by atoms with van der Waals surface area (Å²) in [6.07, 6.45) is 0. The average Bonchev–Trinajstić information content (AvgIpc) is 2.15. The molecule has 4 nitrogen and oxygen atoms in total. The summed E-state index contributed by atoms with van der Waals surface area (Å²) in [5.74, 6) is -0.228. The maximum atomic E-state index is 11.6. The molecule has 82 valence electrons. The molecule has 0 fully saturated rings. The largest absolute Gasteiger partial charge is 0.299 e. The van der Waals surface area contributed by atoms with Crippen molar-refractivity contribution in [2.75, 3.05) is 6.54 Å². The van der Waals surface area contributed by atoms with E-state index in [0.717, 1.165) is 0 Å². The zero-order valence-electron chi connectivity index (χ0n) is 8.03. The molecule has 0 aliphatic carbocycles. The third kappa shape index (κ3) is 3.73. The van der Waals surface area contributed by atoms with Crippen molar-refractivity contribution in [3.8, 4) is 0 Å². The van der Waals surface area contributed by atoms with E-state index in [1.807, 2.05) is 0 Å². The van der Waals surface area contributed by atoms with Gasteiger partial charge in [0.1, 0.15) is 5.78 Å². The zero-order valence-corrected chi connectivity index (χ0v) is 10.4. The van der Waals surface area contributed by atoms with E-state index in [-0.39, 0.29) is 17.2 Å². The van der Waals surface area contributed by atoms with Crippen LogP contribution >= 0.6 is 15.9 Å². The Morgan fingerprint density at radius 1 is 1.47 bits per heavy atom. The Labute approximate surface area is 96.9 Å². The Kier molecular flexibility index (Phi) is 4.01. The molecule has 6 heteroatoms. The molecular weight excluding hydrogens is 282 g/mol. The second-order valence-corrected chi connectivity index (χ2v) is 5.67. The molecule has 15 heavy (non-hydrogen) atoms. The van der Waals surface area contributed by atoms with Crippen LogP contribution in [-0.2, 0) is 14.8 Å². The minimum absolute atomic E-state index is 0.137. The molecule has 0 spiro atoms. The summed E-state index contributed by atoms with van der Waals surface area (Å²) in [6.45, 7) is 1.14. The van der Waals surface area contributed by atoms with Gasteiger partial charge in [0.15, 0.2) is 0 Å². The predicted octanol–water partition coefficient (Wildman–Crippen LogP) is 1.32. The Hall–Kier alpha value is -0.720. The lowest BCUT2D eigenvalue weighted by atomic mass is 10.4. The lowest BCUT2D eigenvalue weighted by Crippen LogP contribution is -2.28. The highest BCUT2D eigenvalue weighted by molar-refractivity contribution is 9.10. The van der Waals surface area contributed by atoms with Gasteiger partial charge >= 0.3 is 0 Å². The zero-order chi connectivity index (χ0) is 11.5. The highest BCUT2D eigenvalue weighted by Gasteiger charge is 2.13. The third-order valence-corrected chi connectivity index (χ3v) is 3.51. The van der Waals surface area contributed by atoms with Gasteiger partial charge in [-0.1, -0.05) is 22.0 Å². The Bertz CT molecular complexity index is 470. The van der Waals surface area contributed by atoms with Crippen molar-refractivity contribution < 1.29 is 13.2 Å². The highest BCUT2D eigenvalue weighted by atomic mass is 79.9. The molecule has 0 aromatic heterocycles. The molecule has 0 bridgehead atoms. The van der Waals surface area contributed by atoms with Crippen LogP contribution in [0.25, 0.3) is 0 Å². The van der Waals surface area contributed by atoms with Crippen molar-refractivity contribution in [1.29, 1.82) is 0 Å². The van der Waals surface area contributed by atoms with E-state index in [9.17, 15) is 13.2 Å². The van der Waals surface area contributed by atoms with Crippen LogP contribution in [-0.4, -0.2) is 20.7 Å². The number of nitrogens with one attached hydrogen (secondary N) is 1. The molecule has 1 aromatic carbocycles. The second kappa shape index (κ2) is 4.87. The maximum Gasteiger partial charge on any atom is 0.241 e. The Balaban J connectivity index is 2.91. The van der Waals surface area contributed by atoms with Crippen LogP contribution in [0, 0.1) is 0 Å². The monoisotopic (exact) mass is 291 g/mol. The number of carbonyl (C=O) groups is 1. The van der Waals surface area contributed by atoms with Crippen molar-refractivity contribution in [3.63, 3.8) is 0 Å². The number of rotatable bonds is 4. The molecule has 0 saturated heterocycles. The summed E-state index contributed by atoms with van der Waals surface area (Å²) in [6, 6.07) is 6.28. The van der Waals surface area contributed by atoms with Gasteiger partial charge in [-0.3, -0.25) is 4.79 Å². The number of benzene rings is 1. The summed E-state index contributed by atoms with van der Waals surface area (Å²) in [4.78, 5) is 10.8. The first kappa shape index (κ1) is 12.4. The smallest absolute Gasteiger partial charge is 0.241 e. The molecular formula is C9H10BrNO3S. The minimum Gasteiger partial charge on any atom is -0.299 e. The fraction of sp³-hybridized carbons (Fsp3) is 0.222. The Morgan fingerprint density at radius 3 is 2.67 bits per heavy atom. The molecule has 1 N–H and O–H groups in total. The van der Waals surface area contributed by atoms with E-state index in [2.05, 4.69) is 20.7 Å². The van der Waals surface area contributed by atoms with Gasteiger partial charge in [0.25, 0.3) is 0 Å². The highest BCUT2D eigenvalue weighted by Crippen LogP contribution is 2.15. The quantitative estimate of drug-likeness (QED) is 0.910. The number of sulfonamides is 1. The number of ketones is 1. The van der Waals surface area contributed by atoms with E-state index in [0.29, 0.717) is 4.47 Å². The fourth-order valence-corrected chi connectivity index (χ4v) is 2.56. The van der Waals surface area contributed by atoms with Gasteiger partial charge in [-0.15, -0.1) is 0 Å². The second-order valence-electron chi connectivity index (χ2n) is 2.98. The van der Waals surface area contributed by atoms with Gasteiger partial charge in [0, 0.05) is 4.47 Å². The van der Waals surface area contributed by atoms with Crippen molar-refractivity contribution in [2.24, 2.45) is 0 Å². The van der Waals surface area contributed by atoms with E-state index in [1.165, 1.54) is 19.1 Å². The number of hydrogen-bond donors (Lipinski definition) is 1. The van der Waals surface area contributed by atoms with Crippen LogP contribution in [0.3, 0.4) is 0 Å². The van der Waals surface area contributed by atoms with Crippen LogP contribution in [0.1, 0.15) is 6.92 Å². The van der Waals surface area contributed by atoms with E-state index < -0.39 is 10.0 Å². The van der Waals surface area contributed by atoms with Crippen LogP contribution in [0.5, 0.6) is 0 Å². The molecule has 0 aliphatic rings. The molecule has 0 heterocycles. The fourth-order valence-electron chi connectivity index (χ4n) is 0.914. The SMILES string of the molecule is CC(=O)CNS(=O)(=O)c1cccc(Br)c1. The van der Waals surface area contributed by atoms with Crippen LogP contribution < -0.4 is 4.72 Å². The van der Waals surface area contributed by atoms with Crippen molar-refractivity contribution >= 4 is 31.7 Å². The molecule has 0 amide bonds. The van der Waals surface area contributed by atoms with Crippen LogP contribution in [0.4, 0.5) is 0 Å². The van der Waals surface area contributed by atoms with Gasteiger partial charge in [-0.2, -0.15) is 0 Å². The summed E-state index contributed by atoms with van der Waals surface area (Å²) < 4.78 is 26.1. The van der Waals surface area contributed by atoms with Crippen LogP contribution in [0.15, 0.2) is 33.6 Å². The van der Waals surface area contributed by atoms with Gasteiger partial charge in [0.05, 0.1) is 11.4 Å². The first-order valence-corrected chi connectivity index (χ1v) is 6.44. The summed E-state index contributed by atoms with van der Waals surface area (Å²) >= 11 is 3.18. The summed E-state index contributed by atoms with van der Waals surface area (Å²) in [5, 5.41) is 0. The lowest BCUT2D eigenvalue weighted by Gasteiger charge is -2.04. The van der Waals surface area contributed by atoms with Crippen LogP contribution in [0.2, 0.25) is 0 Å². The number of carbonyl (C=O) groups excluding carboxylic acids is 1. The molecule has 0 unspecified atom stereocenters. The predicted molar refractivity (Wildman–Crippen MR) is 60.0 cm³/mol. The first-order chi connectivity index (χ1) is 6.92. The van der Waals surface area contributed by atoms with E-state index in [1.54, 1.807) is 12.1 Å². The standard InChI is InChI=1S/C9H10BrNO3S/c1-7(12)6-11-15(13,14)9-4-2-3-8(10)5-9/h2-5,11H,6H2,1H3. The normalized spacial score (nSPS) is 11.3. The number of hydrogen-bond acceptors (Lipinski definition) is 3.